The number of nitrogens with two attached hydrogens (primary N) is 1. The van der Waals surface area contributed by atoms with Crippen molar-refractivity contribution in [2.45, 2.75) is 57.9 Å². The maximum Gasteiger partial charge on any atom is 0.0135 e. The van der Waals surface area contributed by atoms with Crippen molar-refractivity contribution >= 4 is 0 Å². The third kappa shape index (κ3) is 4.94. The summed E-state index contributed by atoms with van der Waals surface area (Å²) < 4.78 is 0. The molecule has 1 saturated heterocycles. The van der Waals surface area contributed by atoms with Crippen LogP contribution in [0.15, 0.2) is 0 Å². The van der Waals surface area contributed by atoms with Gasteiger partial charge in [-0.3, -0.25) is 0 Å². The fourth-order valence-corrected chi connectivity index (χ4v) is 4.57. The predicted molar refractivity (Wildman–Crippen MR) is 91.4 cm³/mol. The first-order chi connectivity index (χ1) is 10.1. The lowest BCUT2D eigenvalue weighted by atomic mass is 9.75. The molecular weight excluding hydrogens is 258 g/mol. The van der Waals surface area contributed by atoms with Crippen molar-refractivity contribution in [2.75, 3.05) is 40.3 Å². The summed E-state index contributed by atoms with van der Waals surface area (Å²) in [4.78, 5) is 5.15. The molecule has 0 radical (unpaired) electrons. The summed E-state index contributed by atoms with van der Waals surface area (Å²) in [6, 6.07) is 0.736. The molecule has 0 bridgehead atoms. The van der Waals surface area contributed by atoms with Gasteiger partial charge in [0, 0.05) is 12.6 Å². The Morgan fingerprint density at radius 3 is 2.43 bits per heavy atom. The van der Waals surface area contributed by atoms with Gasteiger partial charge in [0.2, 0.25) is 0 Å². The first-order valence-corrected chi connectivity index (χ1v) is 9.22. The lowest BCUT2D eigenvalue weighted by Crippen LogP contribution is -2.47. The zero-order valence-electron chi connectivity index (χ0n) is 14.6. The molecule has 0 spiro atoms. The van der Waals surface area contributed by atoms with E-state index in [0.717, 1.165) is 30.3 Å². The Hall–Kier alpha value is -0.120. The second-order valence-electron chi connectivity index (χ2n) is 7.72. The highest BCUT2D eigenvalue weighted by Gasteiger charge is 2.32. The van der Waals surface area contributed by atoms with Crippen LogP contribution in [0.3, 0.4) is 0 Å². The Labute approximate surface area is 132 Å². The summed E-state index contributed by atoms with van der Waals surface area (Å²) in [5.74, 6) is 2.58. The molecule has 1 aliphatic heterocycles. The van der Waals surface area contributed by atoms with Crippen molar-refractivity contribution in [1.82, 2.24) is 9.80 Å². The third-order valence-electron chi connectivity index (χ3n) is 6.01. The number of likely N-dealkylation sites (tertiary alicyclic amines) is 1. The Morgan fingerprint density at radius 1 is 1.10 bits per heavy atom. The van der Waals surface area contributed by atoms with E-state index >= 15 is 0 Å². The number of rotatable bonds is 6. The number of nitrogens with zero attached hydrogens (tertiary/aromatic N) is 2. The molecule has 0 amide bonds. The van der Waals surface area contributed by atoms with Crippen LogP contribution in [-0.4, -0.2) is 56.1 Å². The molecular formula is C18H37N3. The van der Waals surface area contributed by atoms with E-state index in [0.29, 0.717) is 0 Å². The van der Waals surface area contributed by atoms with Crippen LogP contribution in [0.5, 0.6) is 0 Å². The van der Waals surface area contributed by atoms with Gasteiger partial charge in [0.15, 0.2) is 0 Å². The van der Waals surface area contributed by atoms with Crippen molar-refractivity contribution < 1.29 is 0 Å². The maximum absolute atomic E-state index is 6.07. The SMILES string of the molecule is CCCC1CCC(CN)C(N(C)CC2CCN(C)CC2)C1. The van der Waals surface area contributed by atoms with Gasteiger partial charge in [0.25, 0.3) is 0 Å². The average molecular weight is 296 g/mol. The second kappa shape index (κ2) is 8.50. The molecule has 3 heteroatoms. The van der Waals surface area contributed by atoms with Crippen LogP contribution in [0, 0.1) is 17.8 Å². The van der Waals surface area contributed by atoms with Crippen LogP contribution in [0.4, 0.5) is 0 Å². The molecule has 2 fully saturated rings. The lowest BCUT2D eigenvalue weighted by Gasteiger charge is -2.43. The highest BCUT2D eigenvalue weighted by molar-refractivity contribution is 4.87. The first kappa shape index (κ1) is 17.2. The van der Waals surface area contributed by atoms with E-state index in [1.165, 1.54) is 64.6 Å². The number of piperidine rings is 1. The van der Waals surface area contributed by atoms with Crippen LogP contribution >= 0.6 is 0 Å². The van der Waals surface area contributed by atoms with E-state index in [1.807, 2.05) is 0 Å². The molecule has 2 aliphatic rings. The molecule has 3 unspecified atom stereocenters. The van der Waals surface area contributed by atoms with E-state index in [1.54, 1.807) is 0 Å². The summed E-state index contributed by atoms with van der Waals surface area (Å²) >= 11 is 0. The van der Waals surface area contributed by atoms with Crippen LogP contribution in [0.25, 0.3) is 0 Å². The second-order valence-corrected chi connectivity index (χ2v) is 7.72. The van der Waals surface area contributed by atoms with Crippen LogP contribution in [-0.2, 0) is 0 Å². The van der Waals surface area contributed by atoms with Crippen LogP contribution in [0.1, 0.15) is 51.9 Å². The van der Waals surface area contributed by atoms with Crippen molar-refractivity contribution in [2.24, 2.45) is 23.5 Å². The zero-order valence-corrected chi connectivity index (χ0v) is 14.6. The zero-order chi connectivity index (χ0) is 15.2. The Kier molecular flexibility index (Phi) is 6.97. The van der Waals surface area contributed by atoms with Gasteiger partial charge in [-0.05, 0) is 77.2 Å². The van der Waals surface area contributed by atoms with Crippen molar-refractivity contribution in [3.63, 3.8) is 0 Å². The fourth-order valence-electron chi connectivity index (χ4n) is 4.57. The standard InChI is InChI=1S/C18H37N3/c1-4-5-15-6-7-17(13-19)18(12-15)21(3)14-16-8-10-20(2)11-9-16/h15-18H,4-14,19H2,1-3H3. The summed E-state index contributed by atoms with van der Waals surface area (Å²) in [5.41, 5.74) is 6.07. The molecule has 0 aromatic rings. The number of hydrogen-bond donors (Lipinski definition) is 1. The molecule has 0 aromatic heterocycles. The van der Waals surface area contributed by atoms with Gasteiger partial charge >= 0.3 is 0 Å². The molecule has 2 rings (SSSR count). The van der Waals surface area contributed by atoms with Gasteiger partial charge in [-0.1, -0.05) is 26.2 Å². The van der Waals surface area contributed by atoms with Crippen LogP contribution in [0.2, 0.25) is 0 Å². The van der Waals surface area contributed by atoms with Crippen LogP contribution < -0.4 is 5.73 Å². The van der Waals surface area contributed by atoms with E-state index < -0.39 is 0 Å². The molecule has 3 nitrogen and oxygen atoms in total. The van der Waals surface area contributed by atoms with E-state index in [9.17, 15) is 0 Å². The van der Waals surface area contributed by atoms with Crippen molar-refractivity contribution in [3.8, 4) is 0 Å². The van der Waals surface area contributed by atoms with Crippen molar-refractivity contribution in [1.29, 1.82) is 0 Å². The summed E-state index contributed by atoms with van der Waals surface area (Å²) in [6.07, 6.45) is 9.65. The molecule has 0 aromatic carbocycles. The molecule has 1 heterocycles. The van der Waals surface area contributed by atoms with Gasteiger partial charge in [-0.2, -0.15) is 0 Å². The third-order valence-corrected chi connectivity index (χ3v) is 6.01. The smallest absolute Gasteiger partial charge is 0.0135 e. The maximum atomic E-state index is 6.07. The molecule has 3 atom stereocenters. The van der Waals surface area contributed by atoms with Crippen molar-refractivity contribution in [3.05, 3.63) is 0 Å². The van der Waals surface area contributed by atoms with Gasteiger partial charge < -0.3 is 15.5 Å². The van der Waals surface area contributed by atoms with E-state index in [4.69, 9.17) is 5.73 Å². The molecule has 124 valence electrons. The normalized spacial score (nSPS) is 32.7. The van der Waals surface area contributed by atoms with E-state index in [-0.39, 0.29) is 0 Å². The number of hydrogen-bond acceptors (Lipinski definition) is 3. The molecule has 1 saturated carbocycles. The Bertz CT molecular complexity index is 286. The summed E-state index contributed by atoms with van der Waals surface area (Å²) in [5, 5.41) is 0. The monoisotopic (exact) mass is 295 g/mol. The molecule has 21 heavy (non-hydrogen) atoms. The quantitative estimate of drug-likeness (QED) is 0.818. The summed E-state index contributed by atoms with van der Waals surface area (Å²) in [7, 11) is 4.61. The highest BCUT2D eigenvalue weighted by atomic mass is 15.1. The Morgan fingerprint density at radius 2 is 1.81 bits per heavy atom. The van der Waals surface area contributed by atoms with Gasteiger partial charge in [0.1, 0.15) is 0 Å². The lowest BCUT2D eigenvalue weighted by molar-refractivity contribution is 0.0748. The molecule has 2 N–H and O–H groups in total. The first-order valence-electron chi connectivity index (χ1n) is 9.22. The van der Waals surface area contributed by atoms with E-state index in [2.05, 4.69) is 30.8 Å². The van der Waals surface area contributed by atoms with Gasteiger partial charge in [-0.15, -0.1) is 0 Å². The minimum Gasteiger partial charge on any atom is -0.330 e. The average Bonchev–Trinajstić information content (AvgIpc) is 2.50. The summed E-state index contributed by atoms with van der Waals surface area (Å²) in [6.45, 7) is 7.05. The highest BCUT2D eigenvalue weighted by Crippen LogP contribution is 2.34. The predicted octanol–water partition coefficient (Wildman–Crippen LogP) is 2.80. The minimum absolute atomic E-state index is 0.731. The minimum atomic E-state index is 0.731. The van der Waals surface area contributed by atoms with Gasteiger partial charge in [-0.25, -0.2) is 0 Å². The molecule has 1 aliphatic carbocycles. The largest absolute Gasteiger partial charge is 0.330 e. The Balaban J connectivity index is 1.86. The topological polar surface area (TPSA) is 32.5 Å². The van der Waals surface area contributed by atoms with Gasteiger partial charge in [0.05, 0.1) is 0 Å². The fraction of sp³-hybridized carbons (Fsp3) is 1.00.